The van der Waals surface area contributed by atoms with Crippen LogP contribution in [0.3, 0.4) is 0 Å². The molecule has 1 aromatic carbocycles. The van der Waals surface area contributed by atoms with Crippen molar-refractivity contribution in [3.8, 4) is 6.07 Å². The van der Waals surface area contributed by atoms with Gasteiger partial charge >= 0.3 is 0 Å². The van der Waals surface area contributed by atoms with Crippen molar-refractivity contribution in [2.75, 3.05) is 11.1 Å². The van der Waals surface area contributed by atoms with E-state index < -0.39 is 5.91 Å². The number of amides is 1. The van der Waals surface area contributed by atoms with E-state index in [2.05, 4.69) is 5.32 Å². The van der Waals surface area contributed by atoms with E-state index in [0.29, 0.717) is 11.3 Å². The van der Waals surface area contributed by atoms with Crippen LogP contribution in [0, 0.1) is 11.3 Å². The molecule has 2 rings (SSSR count). The summed E-state index contributed by atoms with van der Waals surface area (Å²) in [5.41, 5.74) is 6.20. The Kier molecular flexibility index (Phi) is 2.79. The monoisotopic (exact) mass is 227 g/mol. The Morgan fingerprint density at radius 3 is 2.71 bits per heavy atom. The number of nitrogens with zero attached hydrogens (tertiary/aromatic N) is 1. The van der Waals surface area contributed by atoms with Gasteiger partial charge in [0, 0.05) is 6.07 Å². The molecule has 3 N–H and O–H groups in total. The van der Waals surface area contributed by atoms with Crippen molar-refractivity contribution in [2.45, 2.75) is 0 Å². The third-order valence-corrected chi connectivity index (χ3v) is 2.15. The Hall–Kier alpha value is -2.74. The van der Waals surface area contributed by atoms with E-state index >= 15 is 0 Å². The number of hydrogen-bond donors (Lipinski definition) is 2. The minimum absolute atomic E-state index is 0.107. The summed E-state index contributed by atoms with van der Waals surface area (Å²) in [5, 5.41) is 11.4. The Balaban J connectivity index is 2.22. The van der Waals surface area contributed by atoms with Crippen LogP contribution in [0.15, 0.2) is 40.8 Å². The normalized spacial score (nSPS) is 9.59. The van der Waals surface area contributed by atoms with Crippen LogP contribution < -0.4 is 11.1 Å². The molecule has 0 aliphatic rings. The maximum atomic E-state index is 11.7. The zero-order chi connectivity index (χ0) is 12.3. The summed E-state index contributed by atoms with van der Waals surface area (Å²) >= 11 is 0. The lowest BCUT2D eigenvalue weighted by Gasteiger charge is -2.04. The van der Waals surface area contributed by atoms with Crippen molar-refractivity contribution in [1.29, 1.82) is 5.26 Å². The first kappa shape index (κ1) is 10.8. The molecule has 1 aromatic heterocycles. The van der Waals surface area contributed by atoms with Crippen molar-refractivity contribution in [3.05, 3.63) is 47.7 Å². The predicted molar refractivity (Wildman–Crippen MR) is 62.2 cm³/mol. The van der Waals surface area contributed by atoms with Crippen molar-refractivity contribution in [3.63, 3.8) is 0 Å². The number of furan rings is 1. The lowest BCUT2D eigenvalue weighted by atomic mass is 10.2. The molecule has 1 heterocycles. The lowest BCUT2D eigenvalue weighted by Crippen LogP contribution is -2.11. The van der Waals surface area contributed by atoms with Gasteiger partial charge in [-0.3, -0.25) is 4.79 Å². The van der Waals surface area contributed by atoms with E-state index in [9.17, 15) is 4.79 Å². The standard InChI is InChI=1S/C12H9N3O2/c13-7-8-3-1-2-4-9(8)15-12(16)10-5-6-11(14)17-10/h1-6H,14H2,(H,15,16). The molecule has 0 bridgehead atoms. The van der Waals surface area contributed by atoms with Crippen molar-refractivity contribution < 1.29 is 9.21 Å². The van der Waals surface area contributed by atoms with Gasteiger partial charge in [-0.1, -0.05) is 12.1 Å². The molecule has 0 unspecified atom stereocenters. The van der Waals surface area contributed by atoms with Crippen LogP contribution in [-0.2, 0) is 0 Å². The quantitative estimate of drug-likeness (QED) is 0.820. The zero-order valence-electron chi connectivity index (χ0n) is 8.81. The van der Waals surface area contributed by atoms with Crippen molar-refractivity contribution >= 4 is 17.5 Å². The van der Waals surface area contributed by atoms with E-state index in [1.54, 1.807) is 24.3 Å². The molecule has 5 nitrogen and oxygen atoms in total. The number of hydrogen-bond acceptors (Lipinski definition) is 4. The fourth-order valence-electron chi connectivity index (χ4n) is 1.35. The van der Waals surface area contributed by atoms with E-state index in [0.717, 1.165) is 0 Å². The number of nitrogens with one attached hydrogen (secondary N) is 1. The van der Waals surface area contributed by atoms with Gasteiger partial charge in [0.2, 0.25) is 0 Å². The average Bonchev–Trinajstić information content (AvgIpc) is 2.77. The fourth-order valence-corrected chi connectivity index (χ4v) is 1.35. The van der Waals surface area contributed by atoms with Gasteiger partial charge in [-0.25, -0.2) is 0 Å². The third kappa shape index (κ3) is 2.26. The Morgan fingerprint density at radius 2 is 2.06 bits per heavy atom. The number of carbonyl (C=O) groups excluding carboxylic acids is 1. The minimum atomic E-state index is -0.440. The van der Waals surface area contributed by atoms with Gasteiger partial charge in [0.05, 0.1) is 11.3 Å². The van der Waals surface area contributed by atoms with Crippen LogP contribution in [0.25, 0.3) is 0 Å². The van der Waals surface area contributed by atoms with Crippen LogP contribution in [0.1, 0.15) is 16.1 Å². The summed E-state index contributed by atoms with van der Waals surface area (Å²) in [5.74, 6) is -0.164. The number of anilines is 2. The maximum Gasteiger partial charge on any atom is 0.291 e. The van der Waals surface area contributed by atoms with Crippen molar-refractivity contribution in [1.82, 2.24) is 0 Å². The predicted octanol–water partition coefficient (Wildman–Crippen LogP) is 1.99. The number of nitrogen functional groups attached to an aromatic ring is 1. The topological polar surface area (TPSA) is 92.0 Å². The maximum absolute atomic E-state index is 11.7. The van der Waals surface area contributed by atoms with Crippen LogP contribution in [0.4, 0.5) is 11.6 Å². The molecule has 5 heteroatoms. The highest BCUT2D eigenvalue weighted by Crippen LogP contribution is 2.16. The molecule has 0 spiro atoms. The Labute approximate surface area is 97.5 Å². The Morgan fingerprint density at radius 1 is 1.29 bits per heavy atom. The third-order valence-electron chi connectivity index (χ3n) is 2.15. The van der Waals surface area contributed by atoms with Crippen molar-refractivity contribution in [2.24, 2.45) is 0 Å². The molecule has 17 heavy (non-hydrogen) atoms. The van der Waals surface area contributed by atoms with Crippen LogP contribution >= 0.6 is 0 Å². The van der Waals surface area contributed by atoms with Gasteiger partial charge in [-0.2, -0.15) is 5.26 Å². The van der Waals surface area contributed by atoms with Gasteiger partial charge in [0.15, 0.2) is 11.6 Å². The molecule has 0 saturated heterocycles. The molecule has 1 amide bonds. The highest BCUT2D eigenvalue weighted by Gasteiger charge is 2.12. The zero-order valence-corrected chi connectivity index (χ0v) is 8.81. The number of nitrogens with two attached hydrogens (primary N) is 1. The van der Waals surface area contributed by atoms with Gasteiger partial charge in [0.25, 0.3) is 5.91 Å². The molecule has 0 fully saturated rings. The summed E-state index contributed by atoms with van der Waals surface area (Å²) in [7, 11) is 0. The number of para-hydroxylation sites is 1. The Bertz CT molecular complexity index is 596. The SMILES string of the molecule is N#Cc1ccccc1NC(=O)c1ccc(N)o1. The van der Waals surface area contributed by atoms with Gasteiger partial charge in [-0.05, 0) is 18.2 Å². The number of carbonyl (C=O) groups is 1. The van der Waals surface area contributed by atoms with Crippen LogP contribution in [0.5, 0.6) is 0 Å². The van der Waals surface area contributed by atoms with E-state index in [4.69, 9.17) is 15.4 Å². The lowest BCUT2D eigenvalue weighted by molar-refractivity contribution is 0.0997. The van der Waals surface area contributed by atoms with Crippen LogP contribution in [0.2, 0.25) is 0 Å². The number of nitriles is 1. The van der Waals surface area contributed by atoms with Gasteiger partial charge in [0.1, 0.15) is 6.07 Å². The first-order chi connectivity index (χ1) is 8.20. The highest BCUT2D eigenvalue weighted by atomic mass is 16.4. The molecule has 0 radical (unpaired) electrons. The summed E-state index contributed by atoms with van der Waals surface area (Å²) in [6.45, 7) is 0. The largest absolute Gasteiger partial charge is 0.436 e. The molecule has 0 aliphatic carbocycles. The smallest absolute Gasteiger partial charge is 0.291 e. The molecule has 2 aromatic rings. The van der Waals surface area contributed by atoms with Gasteiger partial charge in [-0.15, -0.1) is 0 Å². The fraction of sp³-hybridized carbons (Fsp3) is 0. The van der Waals surface area contributed by atoms with Crippen LogP contribution in [-0.4, -0.2) is 5.91 Å². The summed E-state index contributed by atoms with van der Waals surface area (Å²) in [4.78, 5) is 11.7. The summed E-state index contributed by atoms with van der Waals surface area (Å²) in [6, 6.07) is 11.7. The highest BCUT2D eigenvalue weighted by molar-refractivity contribution is 6.03. The molecular formula is C12H9N3O2. The van der Waals surface area contributed by atoms with Gasteiger partial charge < -0.3 is 15.5 Å². The molecule has 84 valence electrons. The first-order valence-corrected chi connectivity index (χ1v) is 4.86. The van der Waals surface area contributed by atoms with E-state index in [1.807, 2.05) is 6.07 Å². The molecule has 0 aliphatic heterocycles. The van der Waals surface area contributed by atoms with E-state index in [-0.39, 0.29) is 11.6 Å². The molecule has 0 saturated carbocycles. The molecular weight excluding hydrogens is 218 g/mol. The second-order valence-corrected chi connectivity index (χ2v) is 3.31. The second-order valence-electron chi connectivity index (χ2n) is 3.31. The molecule has 0 atom stereocenters. The first-order valence-electron chi connectivity index (χ1n) is 4.86. The summed E-state index contributed by atoms with van der Waals surface area (Å²) < 4.78 is 4.97. The second kappa shape index (κ2) is 4.41. The summed E-state index contributed by atoms with van der Waals surface area (Å²) in [6.07, 6.45) is 0. The minimum Gasteiger partial charge on any atom is -0.436 e. The van der Waals surface area contributed by atoms with E-state index in [1.165, 1.54) is 12.1 Å². The number of benzene rings is 1. The average molecular weight is 227 g/mol. The number of rotatable bonds is 2.